The number of rotatable bonds is 8. The molecule has 0 aliphatic carbocycles. The number of aliphatic carboxylic acids is 1. The molecule has 0 aromatic heterocycles. The van der Waals surface area contributed by atoms with Crippen LogP contribution in [-0.2, 0) is 9.63 Å². The molecule has 0 radical (unpaired) electrons. The van der Waals surface area contributed by atoms with Crippen LogP contribution in [0.5, 0.6) is 0 Å². The lowest BCUT2D eigenvalue weighted by Gasteiger charge is -2.28. The second-order valence-corrected chi connectivity index (χ2v) is 7.94. The van der Waals surface area contributed by atoms with Crippen LogP contribution in [0.25, 0.3) is 0 Å². The van der Waals surface area contributed by atoms with Gasteiger partial charge in [-0.15, -0.1) is 0 Å². The summed E-state index contributed by atoms with van der Waals surface area (Å²) in [5.41, 5.74) is 4.60. The van der Waals surface area contributed by atoms with Crippen molar-refractivity contribution in [1.29, 1.82) is 0 Å². The number of hydrogen-bond acceptors (Lipinski definition) is 7. The maximum absolute atomic E-state index is 10.7. The molecule has 3 unspecified atom stereocenters. The van der Waals surface area contributed by atoms with Gasteiger partial charge in [-0.3, -0.25) is 10.3 Å². The molecule has 8 heteroatoms. The highest BCUT2D eigenvalue weighted by molar-refractivity contribution is 5.89. The van der Waals surface area contributed by atoms with Crippen molar-refractivity contribution in [1.82, 2.24) is 10.8 Å². The number of carboxylic acid groups (broad SMARTS) is 1. The molecule has 0 aromatic rings. The number of nitrogens with zero attached hydrogens (tertiary/aromatic N) is 2. The minimum atomic E-state index is -1.03. The van der Waals surface area contributed by atoms with Crippen molar-refractivity contribution in [3.8, 4) is 0 Å². The van der Waals surface area contributed by atoms with Crippen LogP contribution in [0.3, 0.4) is 0 Å². The van der Waals surface area contributed by atoms with Gasteiger partial charge in [-0.2, -0.15) is 0 Å². The van der Waals surface area contributed by atoms with Crippen molar-refractivity contribution in [2.24, 2.45) is 15.9 Å². The Balaban J connectivity index is 1.50. The van der Waals surface area contributed by atoms with Crippen LogP contribution in [0.1, 0.15) is 65.2 Å². The van der Waals surface area contributed by atoms with Crippen LogP contribution in [-0.4, -0.2) is 46.1 Å². The molecule has 3 aliphatic rings. The third kappa shape index (κ3) is 5.29. The third-order valence-corrected chi connectivity index (χ3v) is 5.29. The summed E-state index contributed by atoms with van der Waals surface area (Å²) in [7, 11) is 0. The van der Waals surface area contributed by atoms with Gasteiger partial charge in [0.15, 0.2) is 5.72 Å². The second kappa shape index (κ2) is 8.39. The summed E-state index contributed by atoms with van der Waals surface area (Å²) in [6.07, 6.45) is 4.86. The summed E-state index contributed by atoms with van der Waals surface area (Å²) in [5, 5.41) is 22.0. The number of hydrogen-bond donors (Lipinski definition) is 4. The maximum atomic E-state index is 10.7. The Labute approximate surface area is 159 Å². The van der Waals surface area contributed by atoms with E-state index in [1.807, 2.05) is 0 Å². The van der Waals surface area contributed by atoms with E-state index in [4.69, 9.17) is 14.9 Å². The van der Waals surface area contributed by atoms with E-state index < -0.39 is 17.8 Å². The molecule has 3 heterocycles. The van der Waals surface area contributed by atoms with Crippen molar-refractivity contribution in [3.63, 3.8) is 0 Å². The first-order valence-electron chi connectivity index (χ1n) is 9.80. The van der Waals surface area contributed by atoms with Gasteiger partial charge in [-0.25, -0.2) is 14.8 Å². The predicted octanol–water partition coefficient (Wildman–Crippen LogP) is 2.11. The van der Waals surface area contributed by atoms with Crippen LogP contribution in [0.2, 0.25) is 0 Å². The largest absolute Gasteiger partial charge is 0.481 e. The van der Waals surface area contributed by atoms with Gasteiger partial charge in [0.2, 0.25) is 0 Å². The van der Waals surface area contributed by atoms with Crippen molar-refractivity contribution in [3.05, 3.63) is 11.4 Å². The monoisotopic (exact) mass is 378 g/mol. The SMILES string of the molecule is CC1CC2=C(N=C1CCCC1=NC(C)(CC(O)CC(=O)O)ON1)NCCC2. The number of amidine groups is 1. The number of allylic oxidation sites excluding steroid dienone is 1. The second-order valence-electron chi connectivity index (χ2n) is 7.94. The molecule has 0 spiro atoms. The molecule has 0 saturated carbocycles. The molecule has 4 N–H and O–H groups in total. The normalized spacial score (nSPS) is 28.6. The molecule has 150 valence electrons. The van der Waals surface area contributed by atoms with Crippen molar-refractivity contribution in [2.75, 3.05) is 6.54 Å². The Bertz CT molecular complexity index is 673. The summed E-state index contributed by atoms with van der Waals surface area (Å²) in [5.74, 6) is 1.28. The molecule has 0 saturated heterocycles. The number of aliphatic hydroxyl groups excluding tert-OH is 1. The molecule has 3 rings (SSSR count). The van der Waals surface area contributed by atoms with E-state index >= 15 is 0 Å². The first-order chi connectivity index (χ1) is 12.8. The van der Waals surface area contributed by atoms with Gasteiger partial charge in [0, 0.05) is 25.1 Å². The van der Waals surface area contributed by atoms with Gasteiger partial charge in [-0.05, 0) is 50.5 Å². The number of nitrogens with one attached hydrogen (secondary N) is 2. The fraction of sp³-hybridized carbons (Fsp3) is 0.737. The van der Waals surface area contributed by atoms with Gasteiger partial charge >= 0.3 is 5.97 Å². The van der Waals surface area contributed by atoms with Gasteiger partial charge in [-0.1, -0.05) is 6.92 Å². The Morgan fingerprint density at radius 2 is 2.26 bits per heavy atom. The topological polar surface area (TPSA) is 116 Å². The molecule has 0 amide bonds. The predicted molar refractivity (Wildman–Crippen MR) is 102 cm³/mol. The van der Waals surface area contributed by atoms with Gasteiger partial charge < -0.3 is 15.5 Å². The highest BCUT2D eigenvalue weighted by Crippen LogP contribution is 2.30. The lowest BCUT2D eigenvalue weighted by Crippen LogP contribution is -2.32. The first-order valence-corrected chi connectivity index (χ1v) is 9.80. The van der Waals surface area contributed by atoms with E-state index in [-0.39, 0.29) is 12.8 Å². The number of aliphatic hydroxyl groups is 1. The average molecular weight is 378 g/mol. The van der Waals surface area contributed by atoms with Gasteiger partial charge in [0.05, 0.1) is 12.5 Å². The Morgan fingerprint density at radius 3 is 3.04 bits per heavy atom. The van der Waals surface area contributed by atoms with Gasteiger partial charge in [0.1, 0.15) is 11.7 Å². The van der Waals surface area contributed by atoms with Gasteiger partial charge in [0.25, 0.3) is 0 Å². The van der Waals surface area contributed by atoms with Crippen LogP contribution in [0.15, 0.2) is 21.4 Å². The summed E-state index contributed by atoms with van der Waals surface area (Å²) in [6, 6.07) is 0. The van der Waals surface area contributed by atoms with E-state index in [9.17, 15) is 9.90 Å². The van der Waals surface area contributed by atoms with Crippen LogP contribution in [0, 0.1) is 5.92 Å². The minimum Gasteiger partial charge on any atom is -0.481 e. The highest BCUT2D eigenvalue weighted by atomic mass is 16.7. The minimum absolute atomic E-state index is 0.141. The lowest BCUT2D eigenvalue weighted by molar-refractivity contribution is -0.140. The lowest BCUT2D eigenvalue weighted by atomic mass is 9.88. The van der Waals surface area contributed by atoms with E-state index in [1.54, 1.807) is 6.92 Å². The first kappa shape index (κ1) is 19.8. The molecule has 3 atom stereocenters. The van der Waals surface area contributed by atoms with Crippen molar-refractivity contribution < 1.29 is 19.8 Å². The van der Waals surface area contributed by atoms with E-state index in [0.717, 1.165) is 50.3 Å². The quantitative estimate of drug-likeness (QED) is 0.514. The Morgan fingerprint density at radius 1 is 1.44 bits per heavy atom. The summed E-state index contributed by atoms with van der Waals surface area (Å²) < 4.78 is 0. The molecule has 0 fully saturated rings. The Kier molecular flexibility index (Phi) is 6.16. The van der Waals surface area contributed by atoms with E-state index in [2.05, 4.69) is 22.7 Å². The zero-order valence-electron chi connectivity index (χ0n) is 16.1. The zero-order chi connectivity index (χ0) is 19.4. The number of carbonyl (C=O) groups is 1. The standard InChI is InChI=1S/C19H30N4O4/c1-12-9-13-5-4-8-20-18(13)21-15(12)6-3-7-16-22-19(2,27-23-16)11-14(24)10-17(25)26/h12,14,20,24H,3-11H2,1-2H3,(H,22,23)(H,25,26). The summed E-state index contributed by atoms with van der Waals surface area (Å²) in [6.45, 7) is 5.00. The molecule has 27 heavy (non-hydrogen) atoms. The molecular weight excluding hydrogens is 348 g/mol. The average Bonchev–Trinajstić information content (AvgIpc) is 2.95. The fourth-order valence-corrected chi connectivity index (χ4v) is 3.95. The third-order valence-electron chi connectivity index (χ3n) is 5.29. The number of carboxylic acids is 1. The summed E-state index contributed by atoms with van der Waals surface area (Å²) in [4.78, 5) is 25.5. The van der Waals surface area contributed by atoms with E-state index in [0.29, 0.717) is 5.92 Å². The van der Waals surface area contributed by atoms with Crippen LogP contribution in [0.4, 0.5) is 0 Å². The highest BCUT2D eigenvalue weighted by Gasteiger charge is 2.34. The molecule has 0 bridgehead atoms. The molecule has 0 aromatic carbocycles. The fourth-order valence-electron chi connectivity index (χ4n) is 3.95. The van der Waals surface area contributed by atoms with Crippen molar-refractivity contribution in [2.45, 2.75) is 77.0 Å². The number of aliphatic imine (C=N–C) groups is 2. The maximum Gasteiger partial charge on any atom is 0.305 e. The molecule has 3 aliphatic heterocycles. The van der Waals surface area contributed by atoms with Crippen LogP contribution < -0.4 is 10.8 Å². The molecule has 8 nitrogen and oxygen atoms in total. The van der Waals surface area contributed by atoms with Crippen LogP contribution >= 0.6 is 0 Å². The molecular formula is C19H30N4O4. The smallest absolute Gasteiger partial charge is 0.305 e. The summed E-state index contributed by atoms with van der Waals surface area (Å²) >= 11 is 0. The van der Waals surface area contributed by atoms with Crippen molar-refractivity contribution >= 4 is 17.5 Å². The Hall–Kier alpha value is -1.93. The van der Waals surface area contributed by atoms with E-state index in [1.165, 1.54) is 17.7 Å². The number of hydroxylamine groups is 1. The zero-order valence-corrected chi connectivity index (χ0v) is 16.1.